The molecule has 80 valence electrons. The molecule has 14 heavy (non-hydrogen) atoms. The van der Waals surface area contributed by atoms with Crippen molar-refractivity contribution in [1.82, 2.24) is 4.90 Å². The van der Waals surface area contributed by atoms with Crippen LogP contribution in [-0.2, 0) is 9.59 Å². The maximum Gasteiger partial charge on any atom is 0.326 e. The van der Waals surface area contributed by atoms with Gasteiger partial charge in [0, 0.05) is 6.54 Å². The lowest BCUT2D eigenvalue weighted by Crippen LogP contribution is -2.52. The lowest BCUT2D eigenvalue weighted by molar-refractivity contribution is -0.152. The third-order valence-corrected chi connectivity index (χ3v) is 2.46. The summed E-state index contributed by atoms with van der Waals surface area (Å²) in [7, 11) is 0. The van der Waals surface area contributed by atoms with E-state index >= 15 is 0 Å². The molecule has 0 bridgehead atoms. The van der Waals surface area contributed by atoms with E-state index < -0.39 is 18.1 Å². The van der Waals surface area contributed by atoms with Crippen molar-refractivity contribution in [3.8, 4) is 0 Å². The molecule has 1 amide bonds. The molecule has 0 spiro atoms. The van der Waals surface area contributed by atoms with E-state index in [1.165, 1.54) is 4.90 Å². The van der Waals surface area contributed by atoms with Gasteiger partial charge in [0.25, 0.3) is 0 Å². The summed E-state index contributed by atoms with van der Waals surface area (Å²) in [5, 5.41) is 8.90. The van der Waals surface area contributed by atoms with Gasteiger partial charge in [-0.15, -0.1) is 0 Å². The van der Waals surface area contributed by atoms with Crippen molar-refractivity contribution >= 4 is 11.9 Å². The minimum absolute atomic E-state index is 0.267. The number of carbonyl (C=O) groups excluding carboxylic acids is 1. The van der Waals surface area contributed by atoms with Crippen molar-refractivity contribution in [2.45, 2.75) is 38.3 Å². The van der Waals surface area contributed by atoms with E-state index in [9.17, 15) is 9.59 Å². The zero-order chi connectivity index (χ0) is 10.7. The van der Waals surface area contributed by atoms with E-state index in [0.29, 0.717) is 13.0 Å². The second-order valence-corrected chi connectivity index (χ2v) is 3.67. The van der Waals surface area contributed by atoms with E-state index in [-0.39, 0.29) is 5.91 Å². The molecule has 3 N–H and O–H groups in total. The summed E-state index contributed by atoms with van der Waals surface area (Å²) in [4.78, 5) is 23.8. The Bertz CT molecular complexity index is 240. The lowest BCUT2D eigenvalue weighted by atomic mass is 10.0. The Balaban J connectivity index is 2.72. The normalized spacial score (nSPS) is 24.4. The maximum absolute atomic E-state index is 11.6. The van der Waals surface area contributed by atoms with E-state index in [4.69, 9.17) is 10.8 Å². The summed E-state index contributed by atoms with van der Waals surface area (Å²) >= 11 is 0. The van der Waals surface area contributed by atoms with Gasteiger partial charge < -0.3 is 15.7 Å². The predicted molar refractivity (Wildman–Crippen MR) is 50.6 cm³/mol. The molecule has 1 aliphatic rings. The van der Waals surface area contributed by atoms with Crippen LogP contribution in [0.1, 0.15) is 26.2 Å². The fourth-order valence-electron chi connectivity index (χ4n) is 1.71. The number of carbonyl (C=O) groups is 2. The van der Waals surface area contributed by atoms with Gasteiger partial charge in [-0.25, -0.2) is 4.79 Å². The van der Waals surface area contributed by atoms with Crippen LogP contribution in [0.2, 0.25) is 0 Å². The molecular weight excluding hydrogens is 184 g/mol. The minimum Gasteiger partial charge on any atom is -0.480 e. The molecule has 1 fully saturated rings. The molecule has 0 aromatic rings. The number of hydrogen-bond acceptors (Lipinski definition) is 3. The Hall–Kier alpha value is -1.10. The zero-order valence-corrected chi connectivity index (χ0v) is 8.27. The van der Waals surface area contributed by atoms with Crippen LogP contribution in [0, 0.1) is 0 Å². The monoisotopic (exact) mass is 200 g/mol. The van der Waals surface area contributed by atoms with Gasteiger partial charge >= 0.3 is 5.97 Å². The summed E-state index contributed by atoms with van der Waals surface area (Å²) < 4.78 is 0. The van der Waals surface area contributed by atoms with Crippen LogP contribution in [0.5, 0.6) is 0 Å². The second kappa shape index (κ2) is 4.41. The average Bonchev–Trinajstić information content (AvgIpc) is 2.16. The molecule has 0 aliphatic carbocycles. The van der Waals surface area contributed by atoms with Crippen LogP contribution in [-0.4, -0.2) is 40.5 Å². The highest BCUT2D eigenvalue weighted by molar-refractivity contribution is 5.86. The Labute approximate surface area is 82.9 Å². The average molecular weight is 200 g/mol. The smallest absolute Gasteiger partial charge is 0.326 e. The molecule has 0 aromatic carbocycles. The first-order valence-corrected chi connectivity index (χ1v) is 4.83. The molecule has 0 saturated carbocycles. The summed E-state index contributed by atoms with van der Waals surface area (Å²) in [6.07, 6.45) is 2.26. The van der Waals surface area contributed by atoms with Crippen molar-refractivity contribution < 1.29 is 14.7 Å². The van der Waals surface area contributed by atoms with Gasteiger partial charge in [0.15, 0.2) is 0 Å². The molecule has 1 saturated heterocycles. The third-order valence-electron chi connectivity index (χ3n) is 2.46. The molecule has 1 aliphatic heterocycles. The SMILES string of the molecule is CC(N)C(=O)N1CCCC[C@@H]1C(=O)O. The Morgan fingerprint density at radius 2 is 2.14 bits per heavy atom. The van der Waals surface area contributed by atoms with Crippen molar-refractivity contribution in [2.75, 3.05) is 6.54 Å². The van der Waals surface area contributed by atoms with Gasteiger partial charge in [0.1, 0.15) is 6.04 Å². The van der Waals surface area contributed by atoms with E-state index in [1.807, 2.05) is 0 Å². The quantitative estimate of drug-likeness (QED) is 0.646. The fraction of sp³-hybridized carbons (Fsp3) is 0.778. The number of nitrogens with zero attached hydrogens (tertiary/aromatic N) is 1. The molecule has 0 aromatic heterocycles. The van der Waals surface area contributed by atoms with Gasteiger partial charge in [0.2, 0.25) is 5.91 Å². The highest BCUT2D eigenvalue weighted by atomic mass is 16.4. The third kappa shape index (κ3) is 2.23. The van der Waals surface area contributed by atoms with Crippen LogP contribution in [0.25, 0.3) is 0 Å². The number of amides is 1. The van der Waals surface area contributed by atoms with Crippen molar-refractivity contribution in [3.05, 3.63) is 0 Å². The number of carboxylic acid groups (broad SMARTS) is 1. The number of rotatable bonds is 2. The first-order chi connectivity index (χ1) is 6.54. The molecule has 1 heterocycles. The van der Waals surface area contributed by atoms with Crippen molar-refractivity contribution in [2.24, 2.45) is 5.73 Å². The topological polar surface area (TPSA) is 83.6 Å². The molecular formula is C9H16N2O3. The van der Waals surface area contributed by atoms with E-state index in [0.717, 1.165) is 12.8 Å². The van der Waals surface area contributed by atoms with Gasteiger partial charge in [-0.05, 0) is 26.2 Å². The summed E-state index contributed by atoms with van der Waals surface area (Å²) in [6, 6.07) is -1.29. The summed E-state index contributed by atoms with van der Waals surface area (Å²) in [5.74, 6) is -1.20. The van der Waals surface area contributed by atoms with Crippen LogP contribution in [0.3, 0.4) is 0 Å². The molecule has 1 rings (SSSR count). The van der Waals surface area contributed by atoms with Crippen molar-refractivity contribution in [1.29, 1.82) is 0 Å². The number of aliphatic carboxylic acids is 1. The Morgan fingerprint density at radius 1 is 1.50 bits per heavy atom. The van der Waals surface area contributed by atoms with Crippen LogP contribution in [0.15, 0.2) is 0 Å². The summed E-state index contributed by atoms with van der Waals surface area (Å²) in [5.41, 5.74) is 5.44. The summed E-state index contributed by atoms with van der Waals surface area (Å²) in [6.45, 7) is 2.09. The van der Waals surface area contributed by atoms with Crippen LogP contribution in [0.4, 0.5) is 0 Å². The van der Waals surface area contributed by atoms with E-state index in [1.54, 1.807) is 6.92 Å². The zero-order valence-electron chi connectivity index (χ0n) is 8.27. The largest absolute Gasteiger partial charge is 0.480 e. The Kier molecular flexibility index (Phi) is 3.46. The molecule has 2 atom stereocenters. The van der Waals surface area contributed by atoms with Gasteiger partial charge in [-0.2, -0.15) is 0 Å². The van der Waals surface area contributed by atoms with Gasteiger partial charge in [-0.3, -0.25) is 4.79 Å². The number of likely N-dealkylation sites (tertiary alicyclic amines) is 1. The standard InChI is InChI=1S/C9H16N2O3/c1-6(10)8(12)11-5-3-2-4-7(11)9(13)14/h6-7H,2-5,10H2,1H3,(H,13,14)/t6?,7-/m1/s1. The van der Waals surface area contributed by atoms with E-state index in [2.05, 4.69) is 0 Å². The molecule has 0 radical (unpaired) electrons. The minimum atomic E-state index is -0.932. The number of hydrogen-bond donors (Lipinski definition) is 2. The van der Waals surface area contributed by atoms with Crippen molar-refractivity contribution in [3.63, 3.8) is 0 Å². The highest BCUT2D eigenvalue weighted by Crippen LogP contribution is 2.17. The first-order valence-electron chi connectivity index (χ1n) is 4.83. The van der Waals surface area contributed by atoms with Gasteiger partial charge in [-0.1, -0.05) is 0 Å². The molecule has 5 heteroatoms. The number of nitrogens with two attached hydrogens (primary N) is 1. The van der Waals surface area contributed by atoms with Crippen LogP contribution >= 0.6 is 0 Å². The number of piperidine rings is 1. The predicted octanol–water partition coefficient (Wildman–Crippen LogP) is -0.201. The Morgan fingerprint density at radius 3 is 2.64 bits per heavy atom. The van der Waals surface area contributed by atoms with Crippen LogP contribution < -0.4 is 5.73 Å². The molecule has 5 nitrogen and oxygen atoms in total. The van der Waals surface area contributed by atoms with Gasteiger partial charge in [0.05, 0.1) is 6.04 Å². The number of carboxylic acids is 1. The first kappa shape index (κ1) is 11.0. The maximum atomic E-state index is 11.6. The highest BCUT2D eigenvalue weighted by Gasteiger charge is 2.32. The second-order valence-electron chi connectivity index (χ2n) is 3.67. The molecule has 1 unspecified atom stereocenters. The lowest BCUT2D eigenvalue weighted by Gasteiger charge is -2.33. The fourth-order valence-corrected chi connectivity index (χ4v) is 1.71.